The highest BCUT2D eigenvalue weighted by molar-refractivity contribution is 5.94. The number of nitrogens with zero attached hydrogens (tertiary/aromatic N) is 2. The molecule has 0 aliphatic heterocycles. The Balaban J connectivity index is 1.94. The molecule has 0 aliphatic carbocycles. The fourth-order valence-electron chi connectivity index (χ4n) is 2.68. The van der Waals surface area contributed by atoms with Crippen LogP contribution in [0.2, 0.25) is 0 Å². The highest BCUT2D eigenvalue weighted by Gasteiger charge is 2.16. The molecule has 0 fully saturated rings. The van der Waals surface area contributed by atoms with Crippen molar-refractivity contribution in [1.29, 1.82) is 5.26 Å². The molecule has 0 saturated heterocycles. The van der Waals surface area contributed by atoms with Crippen molar-refractivity contribution in [2.24, 2.45) is 0 Å². The van der Waals surface area contributed by atoms with Gasteiger partial charge in [0.1, 0.15) is 17.6 Å². The minimum atomic E-state index is -2.99. The number of aliphatic hydroxyl groups is 1. The van der Waals surface area contributed by atoms with Gasteiger partial charge in [-0.3, -0.25) is 4.98 Å². The lowest BCUT2D eigenvalue weighted by Crippen LogP contribution is -2.14. The molecule has 0 spiro atoms. The number of alkyl halides is 2. The Hall–Kier alpha value is -3.31. The first kappa shape index (κ1) is 18.5. The van der Waals surface area contributed by atoms with E-state index in [2.05, 4.69) is 15.0 Å². The first-order chi connectivity index (χ1) is 13.0. The van der Waals surface area contributed by atoms with Crippen LogP contribution < -0.4 is 10.1 Å². The Labute approximate surface area is 152 Å². The molecule has 1 aromatic heterocycles. The van der Waals surface area contributed by atoms with Gasteiger partial charge >= 0.3 is 6.61 Å². The second-order valence-corrected chi connectivity index (χ2v) is 5.63. The summed E-state index contributed by atoms with van der Waals surface area (Å²) in [4.78, 5) is 4.10. The maximum Gasteiger partial charge on any atom is 0.387 e. The summed E-state index contributed by atoms with van der Waals surface area (Å²) in [6, 6.07) is 11.9. The number of ether oxygens (including phenoxy) is 1. The van der Waals surface area contributed by atoms with Crippen molar-refractivity contribution in [3.8, 4) is 11.8 Å². The van der Waals surface area contributed by atoms with Crippen molar-refractivity contribution in [1.82, 2.24) is 4.98 Å². The standard InChI is InChI=1S/C19H14F3N3O2/c20-15-4-2-1-3-13(15)17(26)10-25-18-11(8-23)9-24-16-6-5-12(7-14(16)18)27-19(21)22/h1-7,9,17,19,26H,10H2,(H,24,25). The van der Waals surface area contributed by atoms with Gasteiger partial charge in [-0.2, -0.15) is 14.0 Å². The van der Waals surface area contributed by atoms with E-state index in [4.69, 9.17) is 0 Å². The number of aliphatic hydroxyl groups excluding tert-OH is 1. The number of benzene rings is 2. The predicted molar refractivity (Wildman–Crippen MR) is 92.9 cm³/mol. The van der Waals surface area contributed by atoms with E-state index in [0.29, 0.717) is 10.9 Å². The zero-order valence-electron chi connectivity index (χ0n) is 13.9. The maximum atomic E-state index is 13.8. The first-order valence-corrected chi connectivity index (χ1v) is 7.93. The summed E-state index contributed by atoms with van der Waals surface area (Å²) in [5, 5.41) is 22.8. The van der Waals surface area contributed by atoms with Crippen molar-refractivity contribution in [2.45, 2.75) is 12.7 Å². The molecule has 5 nitrogen and oxygen atoms in total. The van der Waals surface area contributed by atoms with E-state index in [0.717, 1.165) is 0 Å². The number of nitriles is 1. The number of aromatic nitrogens is 1. The third-order valence-corrected chi connectivity index (χ3v) is 3.92. The second-order valence-electron chi connectivity index (χ2n) is 5.63. The van der Waals surface area contributed by atoms with Crippen molar-refractivity contribution in [2.75, 3.05) is 11.9 Å². The lowest BCUT2D eigenvalue weighted by Gasteiger charge is -2.16. The van der Waals surface area contributed by atoms with Crippen LogP contribution in [0.25, 0.3) is 10.9 Å². The molecule has 3 aromatic rings. The molecule has 2 N–H and O–H groups in total. The number of fused-ring (bicyclic) bond motifs is 1. The smallest absolute Gasteiger partial charge is 0.387 e. The van der Waals surface area contributed by atoms with Crippen LogP contribution in [0, 0.1) is 17.1 Å². The summed E-state index contributed by atoms with van der Waals surface area (Å²) in [6.45, 7) is -3.09. The average Bonchev–Trinajstić information content (AvgIpc) is 2.65. The molecule has 0 radical (unpaired) electrons. The summed E-state index contributed by atoms with van der Waals surface area (Å²) >= 11 is 0. The number of hydrogen-bond acceptors (Lipinski definition) is 5. The van der Waals surface area contributed by atoms with Crippen molar-refractivity contribution >= 4 is 16.6 Å². The highest BCUT2D eigenvalue weighted by Crippen LogP contribution is 2.30. The predicted octanol–water partition coefficient (Wildman–Crippen LogP) is 3.99. The molecule has 1 heterocycles. The lowest BCUT2D eigenvalue weighted by atomic mass is 10.1. The van der Waals surface area contributed by atoms with E-state index >= 15 is 0 Å². The quantitative estimate of drug-likeness (QED) is 0.683. The topological polar surface area (TPSA) is 78.2 Å². The summed E-state index contributed by atoms with van der Waals surface area (Å²) in [5.74, 6) is -0.647. The van der Waals surface area contributed by atoms with Crippen LogP contribution in [0.1, 0.15) is 17.2 Å². The summed E-state index contributed by atoms with van der Waals surface area (Å²) in [5.41, 5.74) is 0.983. The van der Waals surface area contributed by atoms with Crippen LogP contribution in [0.3, 0.4) is 0 Å². The van der Waals surface area contributed by atoms with Gasteiger partial charge in [-0.05, 0) is 24.3 Å². The second kappa shape index (κ2) is 7.93. The Kier molecular flexibility index (Phi) is 5.43. The number of anilines is 1. The molecule has 2 aromatic carbocycles. The van der Waals surface area contributed by atoms with E-state index in [-0.39, 0.29) is 29.1 Å². The third kappa shape index (κ3) is 4.10. The van der Waals surface area contributed by atoms with Gasteiger partial charge in [-0.25, -0.2) is 4.39 Å². The molecule has 0 bridgehead atoms. The fraction of sp³-hybridized carbons (Fsp3) is 0.158. The van der Waals surface area contributed by atoms with Gasteiger partial charge in [-0.1, -0.05) is 18.2 Å². The molecule has 0 aliphatic rings. The van der Waals surface area contributed by atoms with Crippen LogP contribution >= 0.6 is 0 Å². The van der Waals surface area contributed by atoms with Crippen molar-refractivity contribution in [3.63, 3.8) is 0 Å². The SMILES string of the molecule is N#Cc1cnc2ccc(OC(F)F)cc2c1NCC(O)c1ccccc1F. The number of halogens is 3. The van der Waals surface area contributed by atoms with Gasteiger partial charge in [-0.15, -0.1) is 0 Å². The average molecular weight is 373 g/mol. The van der Waals surface area contributed by atoms with Crippen LogP contribution in [-0.2, 0) is 0 Å². The van der Waals surface area contributed by atoms with Gasteiger partial charge < -0.3 is 15.2 Å². The number of nitrogens with one attached hydrogen (secondary N) is 1. The summed E-state index contributed by atoms with van der Waals surface area (Å²) in [6.07, 6.45) is 0.148. The molecular formula is C19H14F3N3O2. The van der Waals surface area contributed by atoms with E-state index in [1.807, 2.05) is 6.07 Å². The number of rotatable bonds is 6. The normalized spacial score (nSPS) is 12.0. The van der Waals surface area contributed by atoms with Gasteiger partial charge in [0.05, 0.1) is 22.9 Å². The van der Waals surface area contributed by atoms with Crippen molar-refractivity contribution < 1.29 is 23.0 Å². The lowest BCUT2D eigenvalue weighted by molar-refractivity contribution is -0.0497. The molecule has 27 heavy (non-hydrogen) atoms. The monoisotopic (exact) mass is 373 g/mol. The van der Waals surface area contributed by atoms with Crippen LogP contribution in [0.5, 0.6) is 5.75 Å². The molecule has 0 amide bonds. The van der Waals surface area contributed by atoms with E-state index in [1.165, 1.54) is 42.6 Å². The first-order valence-electron chi connectivity index (χ1n) is 7.93. The fourth-order valence-corrected chi connectivity index (χ4v) is 2.68. The van der Waals surface area contributed by atoms with Gasteiger partial charge in [0, 0.05) is 23.7 Å². The van der Waals surface area contributed by atoms with Gasteiger partial charge in [0.25, 0.3) is 0 Å². The Morgan fingerprint density at radius 2 is 2.00 bits per heavy atom. The van der Waals surface area contributed by atoms with E-state index < -0.39 is 18.5 Å². The summed E-state index contributed by atoms with van der Waals surface area (Å²) in [7, 11) is 0. The molecule has 1 unspecified atom stereocenters. The van der Waals surface area contributed by atoms with Crippen LogP contribution in [-0.4, -0.2) is 23.2 Å². The summed E-state index contributed by atoms with van der Waals surface area (Å²) < 4.78 is 43.1. The van der Waals surface area contributed by atoms with E-state index in [1.54, 1.807) is 6.07 Å². The van der Waals surface area contributed by atoms with Crippen LogP contribution in [0.15, 0.2) is 48.7 Å². The van der Waals surface area contributed by atoms with Gasteiger partial charge in [0.2, 0.25) is 0 Å². The molecule has 8 heteroatoms. The maximum absolute atomic E-state index is 13.8. The highest BCUT2D eigenvalue weighted by atomic mass is 19.3. The Bertz CT molecular complexity index is 1010. The molecule has 138 valence electrons. The minimum absolute atomic E-state index is 0.0907. The largest absolute Gasteiger partial charge is 0.435 e. The minimum Gasteiger partial charge on any atom is -0.435 e. The van der Waals surface area contributed by atoms with Crippen molar-refractivity contribution in [3.05, 3.63) is 65.6 Å². The van der Waals surface area contributed by atoms with Crippen LogP contribution in [0.4, 0.5) is 18.9 Å². The Morgan fingerprint density at radius 3 is 2.70 bits per heavy atom. The Morgan fingerprint density at radius 1 is 1.22 bits per heavy atom. The molecule has 3 rings (SSSR count). The zero-order valence-corrected chi connectivity index (χ0v) is 13.9. The van der Waals surface area contributed by atoms with Gasteiger partial charge in [0.15, 0.2) is 0 Å². The van der Waals surface area contributed by atoms with E-state index in [9.17, 15) is 23.5 Å². The number of pyridine rings is 1. The molecule has 1 atom stereocenters. The molecule has 0 saturated carbocycles. The molecular weight excluding hydrogens is 359 g/mol. The zero-order chi connectivity index (χ0) is 19.4. The number of hydrogen-bond donors (Lipinski definition) is 2. The third-order valence-electron chi connectivity index (χ3n) is 3.92.